The number of nitrogens with zero attached hydrogens (tertiary/aromatic N) is 2. The second-order valence-electron chi connectivity index (χ2n) is 4.99. The molecule has 0 aliphatic carbocycles. The first kappa shape index (κ1) is 13.9. The molecule has 94 valence electrons. The van der Waals surface area contributed by atoms with E-state index in [1.807, 2.05) is 0 Å². The van der Waals surface area contributed by atoms with E-state index in [9.17, 15) is 0 Å². The fraction of sp³-hybridized carbons (Fsp3) is 0.917. The van der Waals surface area contributed by atoms with Gasteiger partial charge in [-0.3, -0.25) is 4.90 Å². The minimum Gasteiger partial charge on any atom is -0.393 e. The topological polar surface area (TPSA) is 32.5 Å². The molecule has 0 spiro atoms. The normalized spacial score (nSPS) is 24.6. The van der Waals surface area contributed by atoms with E-state index in [0.29, 0.717) is 17.1 Å². The molecule has 0 saturated carbocycles. The second-order valence-corrected chi connectivity index (χ2v) is 5.51. The van der Waals surface area contributed by atoms with Crippen molar-refractivity contribution in [3.8, 4) is 0 Å². The van der Waals surface area contributed by atoms with Crippen molar-refractivity contribution in [3.63, 3.8) is 0 Å². The Balaban J connectivity index is 2.53. The van der Waals surface area contributed by atoms with Crippen molar-refractivity contribution in [2.75, 3.05) is 27.2 Å². The van der Waals surface area contributed by atoms with Gasteiger partial charge >= 0.3 is 0 Å². The van der Waals surface area contributed by atoms with Crippen molar-refractivity contribution in [2.45, 2.75) is 44.7 Å². The summed E-state index contributed by atoms with van der Waals surface area (Å²) in [5.41, 5.74) is 5.66. The van der Waals surface area contributed by atoms with Gasteiger partial charge < -0.3 is 10.6 Å². The monoisotopic (exact) mass is 243 g/mol. The third-order valence-electron chi connectivity index (χ3n) is 3.58. The fourth-order valence-corrected chi connectivity index (χ4v) is 2.69. The molecule has 0 aromatic carbocycles. The maximum Gasteiger partial charge on any atom is 0.0743 e. The van der Waals surface area contributed by atoms with Gasteiger partial charge in [0, 0.05) is 25.0 Å². The molecule has 0 amide bonds. The Labute approximate surface area is 105 Å². The van der Waals surface area contributed by atoms with Gasteiger partial charge in [0.05, 0.1) is 4.99 Å². The van der Waals surface area contributed by atoms with Crippen molar-refractivity contribution in [3.05, 3.63) is 0 Å². The summed E-state index contributed by atoms with van der Waals surface area (Å²) < 4.78 is 0. The third-order valence-corrected chi connectivity index (χ3v) is 3.75. The molecule has 1 saturated heterocycles. The van der Waals surface area contributed by atoms with Gasteiger partial charge in [0.2, 0.25) is 0 Å². The number of hydrogen-bond acceptors (Lipinski definition) is 3. The summed E-state index contributed by atoms with van der Waals surface area (Å²) >= 11 is 5.03. The zero-order chi connectivity index (χ0) is 12.1. The lowest BCUT2D eigenvalue weighted by Crippen LogP contribution is -2.49. The summed E-state index contributed by atoms with van der Waals surface area (Å²) in [4.78, 5) is 5.55. The Morgan fingerprint density at radius 1 is 1.56 bits per heavy atom. The number of nitrogens with two attached hydrogens (primary N) is 1. The lowest BCUT2D eigenvalue weighted by Gasteiger charge is -2.40. The van der Waals surface area contributed by atoms with Gasteiger partial charge in [-0.1, -0.05) is 19.1 Å². The molecule has 4 heteroatoms. The molecule has 3 nitrogen and oxygen atoms in total. The summed E-state index contributed by atoms with van der Waals surface area (Å²) in [7, 11) is 4.34. The molecule has 0 radical (unpaired) electrons. The number of hydrogen-bond donors (Lipinski definition) is 1. The number of likely N-dealkylation sites (N-methyl/N-ethyl adjacent to an activating group) is 1. The van der Waals surface area contributed by atoms with Crippen LogP contribution in [0.1, 0.15) is 32.6 Å². The highest BCUT2D eigenvalue weighted by Crippen LogP contribution is 2.19. The summed E-state index contributed by atoms with van der Waals surface area (Å²) in [5.74, 6) is 0. The van der Waals surface area contributed by atoms with Crippen molar-refractivity contribution < 1.29 is 0 Å². The van der Waals surface area contributed by atoms with Crippen LogP contribution >= 0.6 is 12.2 Å². The SMILES string of the molecule is CCC(CC(N)=S)N1CCCC(N(C)C)C1. The Morgan fingerprint density at radius 3 is 2.75 bits per heavy atom. The van der Waals surface area contributed by atoms with E-state index >= 15 is 0 Å². The van der Waals surface area contributed by atoms with Crippen LogP contribution in [0, 0.1) is 0 Å². The van der Waals surface area contributed by atoms with E-state index in [1.165, 1.54) is 19.4 Å². The van der Waals surface area contributed by atoms with Crippen molar-refractivity contribution >= 4 is 17.2 Å². The maximum atomic E-state index is 5.66. The van der Waals surface area contributed by atoms with Crippen LogP contribution in [0.25, 0.3) is 0 Å². The van der Waals surface area contributed by atoms with Crippen LogP contribution in [-0.2, 0) is 0 Å². The molecular formula is C12H25N3S. The van der Waals surface area contributed by atoms with Crippen LogP contribution in [0.4, 0.5) is 0 Å². The molecule has 2 N–H and O–H groups in total. The molecule has 1 rings (SSSR count). The average Bonchev–Trinajstić information content (AvgIpc) is 2.25. The van der Waals surface area contributed by atoms with Gasteiger partial charge in [0.1, 0.15) is 0 Å². The molecule has 0 bridgehead atoms. The molecule has 1 fully saturated rings. The van der Waals surface area contributed by atoms with Crippen LogP contribution in [0.5, 0.6) is 0 Å². The lowest BCUT2D eigenvalue weighted by molar-refractivity contribution is 0.0964. The third kappa shape index (κ3) is 4.00. The number of thiocarbonyl (C=S) groups is 1. The van der Waals surface area contributed by atoms with E-state index in [2.05, 4.69) is 30.8 Å². The summed E-state index contributed by atoms with van der Waals surface area (Å²) in [6, 6.07) is 1.23. The summed E-state index contributed by atoms with van der Waals surface area (Å²) in [6.45, 7) is 4.59. The van der Waals surface area contributed by atoms with Gasteiger partial charge in [-0.25, -0.2) is 0 Å². The van der Waals surface area contributed by atoms with Gasteiger partial charge in [-0.2, -0.15) is 0 Å². The summed E-state index contributed by atoms with van der Waals surface area (Å²) in [6.07, 6.45) is 4.60. The van der Waals surface area contributed by atoms with Gasteiger partial charge in [0.25, 0.3) is 0 Å². The highest BCUT2D eigenvalue weighted by Gasteiger charge is 2.26. The fourth-order valence-electron chi connectivity index (χ4n) is 2.50. The molecule has 2 atom stereocenters. The van der Waals surface area contributed by atoms with Gasteiger partial charge in [0.15, 0.2) is 0 Å². The van der Waals surface area contributed by atoms with Crippen LogP contribution < -0.4 is 5.73 Å². The average molecular weight is 243 g/mol. The van der Waals surface area contributed by atoms with E-state index in [-0.39, 0.29) is 0 Å². The first-order valence-corrected chi connectivity index (χ1v) is 6.64. The van der Waals surface area contributed by atoms with Crippen molar-refractivity contribution in [2.24, 2.45) is 5.73 Å². The predicted octanol–water partition coefficient (Wildman–Crippen LogP) is 1.47. The van der Waals surface area contributed by atoms with Gasteiger partial charge in [-0.15, -0.1) is 0 Å². The van der Waals surface area contributed by atoms with E-state index in [1.54, 1.807) is 0 Å². The lowest BCUT2D eigenvalue weighted by atomic mass is 10.0. The minimum absolute atomic E-state index is 0.542. The van der Waals surface area contributed by atoms with E-state index < -0.39 is 0 Å². The van der Waals surface area contributed by atoms with Crippen LogP contribution in [0.3, 0.4) is 0 Å². The van der Waals surface area contributed by atoms with E-state index in [4.69, 9.17) is 18.0 Å². The van der Waals surface area contributed by atoms with Crippen molar-refractivity contribution in [1.82, 2.24) is 9.80 Å². The first-order chi connectivity index (χ1) is 7.54. The van der Waals surface area contributed by atoms with E-state index in [0.717, 1.165) is 19.4 Å². The predicted molar refractivity (Wildman–Crippen MR) is 73.8 cm³/mol. The molecule has 1 aliphatic rings. The Morgan fingerprint density at radius 2 is 2.25 bits per heavy atom. The standard InChI is InChI=1S/C12H25N3S/c1-4-10(8-12(13)16)15-7-5-6-11(9-15)14(2)3/h10-11H,4-9H2,1-3H3,(H2,13,16). The Bertz CT molecular complexity index is 230. The van der Waals surface area contributed by atoms with Crippen LogP contribution in [-0.4, -0.2) is 54.1 Å². The Kier molecular flexibility index (Phi) is 5.66. The minimum atomic E-state index is 0.542. The largest absolute Gasteiger partial charge is 0.393 e. The zero-order valence-corrected chi connectivity index (χ0v) is 11.6. The number of rotatable bonds is 5. The quantitative estimate of drug-likeness (QED) is 0.741. The molecule has 0 aromatic rings. The smallest absolute Gasteiger partial charge is 0.0743 e. The summed E-state index contributed by atoms with van der Waals surface area (Å²) in [5, 5.41) is 0. The van der Waals surface area contributed by atoms with Gasteiger partial charge in [-0.05, 0) is 39.9 Å². The number of piperidine rings is 1. The van der Waals surface area contributed by atoms with Crippen LogP contribution in [0.2, 0.25) is 0 Å². The zero-order valence-electron chi connectivity index (χ0n) is 10.8. The second kappa shape index (κ2) is 6.52. The number of likely N-dealkylation sites (tertiary alicyclic amines) is 1. The molecule has 16 heavy (non-hydrogen) atoms. The maximum absolute atomic E-state index is 5.66. The molecule has 1 aliphatic heterocycles. The Hall–Kier alpha value is -0.190. The highest BCUT2D eigenvalue weighted by atomic mass is 32.1. The van der Waals surface area contributed by atoms with Crippen LogP contribution in [0.15, 0.2) is 0 Å². The first-order valence-electron chi connectivity index (χ1n) is 6.23. The molecular weight excluding hydrogens is 218 g/mol. The highest BCUT2D eigenvalue weighted by molar-refractivity contribution is 7.80. The molecule has 1 heterocycles. The molecule has 0 aromatic heterocycles. The molecule has 2 unspecified atom stereocenters. The van der Waals surface area contributed by atoms with Crippen molar-refractivity contribution in [1.29, 1.82) is 0 Å².